The molecule has 1 atom stereocenters. The van der Waals surface area contributed by atoms with Crippen molar-refractivity contribution in [2.75, 3.05) is 13.1 Å². The van der Waals surface area contributed by atoms with Crippen LogP contribution in [0.1, 0.15) is 47.3 Å². The number of aromatic nitrogens is 1. The molecule has 0 spiro atoms. The van der Waals surface area contributed by atoms with Crippen LogP contribution in [0.5, 0.6) is 0 Å². The molecule has 1 aliphatic rings. The van der Waals surface area contributed by atoms with Crippen molar-refractivity contribution < 1.29 is 9.21 Å². The van der Waals surface area contributed by atoms with E-state index in [1.54, 1.807) is 6.26 Å². The lowest BCUT2D eigenvalue weighted by Gasteiger charge is -2.31. The third-order valence-electron chi connectivity index (χ3n) is 4.64. The third-order valence-corrected chi connectivity index (χ3v) is 4.64. The number of carbonyl (C=O) groups excluding carboxylic acids is 1. The van der Waals surface area contributed by atoms with E-state index in [2.05, 4.69) is 11.5 Å². The van der Waals surface area contributed by atoms with E-state index in [9.17, 15) is 4.79 Å². The first-order valence-corrected chi connectivity index (χ1v) is 8.04. The molecular formula is C18H24N2O2. The van der Waals surface area contributed by atoms with Crippen LogP contribution in [0.3, 0.4) is 0 Å². The van der Waals surface area contributed by atoms with E-state index in [1.165, 1.54) is 6.42 Å². The van der Waals surface area contributed by atoms with Crippen molar-refractivity contribution in [1.29, 1.82) is 0 Å². The number of hydrogen-bond donors (Lipinski definition) is 0. The molecule has 3 heterocycles. The first kappa shape index (κ1) is 14.9. The Morgan fingerprint density at radius 3 is 2.91 bits per heavy atom. The Bertz CT molecular complexity index is 655. The van der Waals surface area contributed by atoms with Gasteiger partial charge in [-0.25, -0.2) is 0 Å². The number of piperidine rings is 1. The van der Waals surface area contributed by atoms with Crippen molar-refractivity contribution >= 4 is 5.91 Å². The van der Waals surface area contributed by atoms with Gasteiger partial charge in [-0.2, -0.15) is 0 Å². The standard InChI is InChI=1S/C18H24N2O2/c1-13-6-4-8-19(11-13)18(21)17-10-14(2)20(15(17)3)12-16-7-5-9-22-16/h5,7,9-10,13H,4,6,8,11-12H2,1-3H3/t13-/m0/s1. The molecule has 0 unspecified atom stereocenters. The third kappa shape index (κ3) is 2.82. The molecule has 2 aromatic heterocycles. The van der Waals surface area contributed by atoms with E-state index in [0.29, 0.717) is 12.5 Å². The summed E-state index contributed by atoms with van der Waals surface area (Å²) in [5.74, 6) is 1.68. The van der Waals surface area contributed by atoms with Gasteiger partial charge in [-0.1, -0.05) is 6.92 Å². The Labute approximate surface area is 131 Å². The molecule has 0 radical (unpaired) electrons. The fraction of sp³-hybridized carbons (Fsp3) is 0.500. The molecule has 0 aliphatic carbocycles. The van der Waals surface area contributed by atoms with Gasteiger partial charge in [-0.3, -0.25) is 4.79 Å². The second-order valence-corrected chi connectivity index (χ2v) is 6.45. The maximum absolute atomic E-state index is 12.8. The van der Waals surface area contributed by atoms with Crippen molar-refractivity contribution in [3.05, 3.63) is 47.2 Å². The zero-order valence-electron chi connectivity index (χ0n) is 13.6. The number of carbonyl (C=O) groups is 1. The molecule has 3 rings (SSSR count). The molecule has 1 saturated heterocycles. The van der Waals surface area contributed by atoms with Crippen LogP contribution in [-0.4, -0.2) is 28.5 Å². The number of hydrogen-bond acceptors (Lipinski definition) is 2. The summed E-state index contributed by atoms with van der Waals surface area (Å²) in [5.41, 5.74) is 2.96. The molecule has 1 fully saturated rings. The molecule has 0 bridgehead atoms. The largest absolute Gasteiger partial charge is 0.467 e. The SMILES string of the molecule is Cc1cc(C(=O)N2CCC[C@H](C)C2)c(C)n1Cc1ccco1. The van der Waals surface area contributed by atoms with Crippen LogP contribution in [-0.2, 0) is 6.54 Å². The highest BCUT2D eigenvalue weighted by atomic mass is 16.3. The lowest BCUT2D eigenvalue weighted by Crippen LogP contribution is -2.39. The number of amides is 1. The van der Waals surface area contributed by atoms with Crippen LogP contribution in [0, 0.1) is 19.8 Å². The maximum Gasteiger partial charge on any atom is 0.255 e. The van der Waals surface area contributed by atoms with Crippen molar-refractivity contribution in [1.82, 2.24) is 9.47 Å². The lowest BCUT2D eigenvalue weighted by molar-refractivity contribution is 0.0682. The highest BCUT2D eigenvalue weighted by Crippen LogP contribution is 2.22. The fourth-order valence-electron chi connectivity index (χ4n) is 3.36. The van der Waals surface area contributed by atoms with Gasteiger partial charge in [-0.05, 0) is 50.8 Å². The minimum Gasteiger partial charge on any atom is -0.467 e. The van der Waals surface area contributed by atoms with Gasteiger partial charge in [0, 0.05) is 24.5 Å². The Kier molecular flexibility index (Phi) is 4.10. The first-order valence-electron chi connectivity index (χ1n) is 8.04. The monoisotopic (exact) mass is 300 g/mol. The Balaban J connectivity index is 1.83. The van der Waals surface area contributed by atoms with Gasteiger partial charge in [0.2, 0.25) is 0 Å². The number of rotatable bonds is 3. The summed E-state index contributed by atoms with van der Waals surface area (Å²) >= 11 is 0. The van der Waals surface area contributed by atoms with Gasteiger partial charge in [0.25, 0.3) is 5.91 Å². The van der Waals surface area contributed by atoms with Crippen molar-refractivity contribution in [3.8, 4) is 0 Å². The molecule has 0 saturated carbocycles. The molecule has 4 nitrogen and oxygen atoms in total. The summed E-state index contributed by atoms with van der Waals surface area (Å²) in [6, 6.07) is 5.87. The quantitative estimate of drug-likeness (QED) is 0.868. The van der Waals surface area contributed by atoms with Crippen LogP contribution in [0.25, 0.3) is 0 Å². The maximum atomic E-state index is 12.8. The molecule has 1 amide bonds. The van der Waals surface area contributed by atoms with Gasteiger partial charge >= 0.3 is 0 Å². The summed E-state index contributed by atoms with van der Waals surface area (Å²) < 4.78 is 7.58. The zero-order chi connectivity index (χ0) is 15.7. The zero-order valence-corrected chi connectivity index (χ0v) is 13.6. The van der Waals surface area contributed by atoms with Gasteiger partial charge in [0.15, 0.2) is 0 Å². The molecule has 4 heteroatoms. The second-order valence-electron chi connectivity index (χ2n) is 6.45. The molecule has 1 aliphatic heterocycles. The smallest absolute Gasteiger partial charge is 0.255 e. The summed E-state index contributed by atoms with van der Waals surface area (Å²) in [5, 5.41) is 0. The van der Waals surface area contributed by atoms with Crippen LogP contribution in [0.4, 0.5) is 0 Å². The summed E-state index contributed by atoms with van der Waals surface area (Å²) in [7, 11) is 0. The molecule has 2 aromatic rings. The topological polar surface area (TPSA) is 38.4 Å². The summed E-state index contributed by atoms with van der Waals surface area (Å²) in [4.78, 5) is 14.8. The molecule has 0 aromatic carbocycles. The molecule has 118 valence electrons. The van der Waals surface area contributed by atoms with E-state index in [1.807, 2.05) is 36.9 Å². The Hall–Kier alpha value is -1.97. The van der Waals surface area contributed by atoms with E-state index >= 15 is 0 Å². The van der Waals surface area contributed by atoms with Crippen molar-refractivity contribution in [3.63, 3.8) is 0 Å². The Morgan fingerprint density at radius 1 is 1.41 bits per heavy atom. The Morgan fingerprint density at radius 2 is 2.23 bits per heavy atom. The predicted molar refractivity (Wildman–Crippen MR) is 86.0 cm³/mol. The van der Waals surface area contributed by atoms with Gasteiger partial charge < -0.3 is 13.9 Å². The van der Waals surface area contributed by atoms with E-state index in [-0.39, 0.29) is 5.91 Å². The highest BCUT2D eigenvalue weighted by molar-refractivity contribution is 5.95. The average Bonchev–Trinajstić information content (AvgIpc) is 3.10. The van der Waals surface area contributed by atoms with Crippen LogP contribution in [0.15, 0.2) is 28.9 Å². The highest BCUT2D eigenvalue weighted by Gasteiger charge is 2.25. The van der Waals surface area contributed by atoms with Crippen LogP contribution < -0.4 is 0 Å². The summed E-state index contributed by atoms with van der Waals surface area (Å²) in [6.07, 6.45) is 4.02. The minimum atomic E-state index is 0.172. The number of likely N-dealkylation sites (tertiary alicyclic amines) is 1. The van der Waals surface area contributed by atoms with Gasteiger partial charge in [0.1, 0.15) is 5.76 Å². The second kappa shape index (κ2) is 6.03. The normalized spacial score (nSPS) is 18.7. The average molecular weight is 300 g/mol. The molecule has 22 heavy (non-hydrogen) atoms. The van der Waals surface area contributed by atoms with E-state index < -0.39 is 0 Å². The van der Waals surface area contributed by atoms with Gasteiger partial charge in [-0.15, -0.1) is 0 Å². The van der Waals surface area contributed by atoms with Crippen molar-refractivity contribution in [2.24, 2.45) is 5.92 Å². The fourth-order valence-corrected chi connectivity index (χ4v) is 3.36. The van der Waals surface area contributed by atoms with Crippen LogP contribution >= 0.6 is 0 Å². The number of nitrogens with zero attached hydrogens (tertiary/aromatic N) is 2. The van der Waals surface area contributed by atoms with E-state index in [0.717, 1.165) is 42.2 Å². The minimum absolute atomic E-state index is 0.172. The summed E-state index contributed by atoms with van der Waals surface area (Å²) in [6.45, 7) is 8.72. The first-order chi connectivity index (χ1) is 10.6. The number of aryl methyl sites for hydroxylation is 1. The molecular weight excluding hydrogens is 276 g/mol. The van der Waals surface area contributed by atoms with Crippen LogP contribution in [0.2, 0.25) is 0 Å². The predicted octanol–water partition coefficient (Wildman–Crippen LogP) is 3.62. The number of furan rings is 1. The molecule has 0 N–H and O–H groups in total. The lowest BCUT2D eigenvalue weighted by atomic mass is 9.99. The van der Waals surface area contributed by atoms with Gasteiger partial charge in [0.05, 0.1) is 18.4 Å². The van der Waals surface area contributed by atoms with Crippen molar-refractivity contribution in [2.45, 2.75) is 40.2 Å². The van der Waals surface area contributed by atoms with E-state index in [4.69, 9.17) is 4.42 Å².